The molecule has 0 aromatic heterocycles. The van der Waals surface area contributed by atoms with Gasteiger partial charge < -0.3 is 15.0 Å². The summed E-state index contributed by atoms with van der Waals surface area (Å²) < 4.78 is 5.17. The highest BCUT2D eigenvalue weighted by molar-refractivity contribution is 5.67. The maximum absolute atomic E-state index is 11.4. The highest BCUT2D eigenvalue weighted by Gasteiger charge is 2.18. The van der Waals surface area contributed by atoms with Gasteiger partial charge in [-0.1, -0.05) is 5.11 Å². The zero-order chi connectivity index (χ0) is 15.7. The second-order valence-electron chi connectivity index (χ2n) is 6.41. The molecule has 0 saturated carbocycles. The van der Waals surface area contributed by atoms with Gasteiger partial charge in [-0.25, -0.2) is 4.79 Å². The SMILES string of the molecule is CC(C)(C)OC(=O)NCCCCN1CCC(N=[N+]=[N-])CC1. The monoisotopic (exact) mass is 297 g/mol. The van der Waals surface area contributed by atoms with Crippen LogP contribution in [0, 0.1) is 0 Å². The average Bonchev–Trinajstić information content (AvgIpc) is 2.38. The highest BCUT2D eigenvalue weighted by Crippen LogP contribution is 2.14. The van der Waals surface area contributed by atoms with Crippen LogP contribution >= 0.6 is 0 Å². The van der Waals surface area contributed by atoms with Crippen molar-refractivity contribution >= 4 is 6.09 Å². The Labute approximate surface area is 126 Å². The van der Waals surface area contributed by atoms with Crippen LogP contribution in [0.15, 0.2) is 5.11 Å². The van der Waals surface area contributed by atoms with Crippen LogP contribution in [0.4, 0.5) is 4.79 Å². The van der Waals surface area contributed by atoms with Gasteiger partial charge in [0.2, 0.25) is 0 Å². The molecule has 1 heterocycles. The highest BCUT2D eigenvalue weighted by atomic mass is 16.6. The fourth-order valence-corrected chi connectivity index (χ4v) is 2.30. The van der Waals surface area contributed by atoms with Crippen molar-refractivity contribution in [1.29, 1.82) is 0 Å². The molecule has 0 bridgehead atoms. The summed E-state index contributed by atoms with van der Waals surface area (Å²) in [5.41, 5.74) is 7.96. The van der Waals surface area contributed by atoms with E-state index < -0.39 is 5.60 Å². The normalized spacial score (nSPS) is 17.1. The number of piperidine rings is 1. The summed E-state index contributed by atoms with van der Waals surface area (Å²) >= 11 is 0. The predicted octanol–water partition coefficient (Wildman–Crippen LogP) is 3.07. The van der Waals surface area contributed by atoms with Crippen molar-refractivity contribution in [3.05, 3.63) is 10.4 Å². The Hall–Kier alpha value is -1.46. The molecule has 7 heteroatoms. The Balaban J connectivity index is 2.03. The number of rotatable bonds is 6. The molecule has 1 aliphatic heterocycles. The van der Waals surface area contributed by atoms with E-state index in [1.807, 2.05) is 20.8 Å². The number of hydrogen-bond donors (Lipinski definition) is 1. The molecule has 0 spiro atoms. The molecule has 0 aromatic rings. The first-order valence-electron chi connectivity index (χ1n) is 7.64. The molecule has 0 aliphatic carbocycles. The summed E-state index contributed by atoms with van der Waals surface area (Å²) in [5, 5.41) is 6.53. The molecule has 1 amide bonds. The number of azide groups is 1. The molecule has 1 aliphatic rings. The van der Waals surface area contributed by atoms with Gasteiger partial charge in [-0.3, -0.25) is 0 Å². The molecule has 21 heavy (non-hydrogen) atoms. The van der Waals surface area contributed by atoms with E-state index >= 15 is 0 Å². The summed E-state index contributed by atoms with van der Waals surface area (Å²) in [5.74, 6) is 0. The van der Waals surface area contributed by atoms with Crippen LogP contribution in [-0.2, 0) is 4.74 Å². The number of hydrogen-bond acceptors (Lipinski definition) is 4. The number of ether oxygens (including phenoxy) is 1. The van der Waals surface area contributed by atoms with E-state index in [1.165, 1.54) is 0 Å². The Morgan fingerprint density at radius 3 is 2.62 bits per heavy atom. The zero-order valence-corrected chi connectivity index (χ0v) is 13.3. The number of likely N-dealkylation sites (tertiary alicyclic amines) is 1. The number of nitrogens with zero attached hydrogens (tertiary/aromatic N) is 4. The van der Waals surface area contributed by atoms with Crippen molar-refractivity contribution in [2.24, 2.45) is 5.11 Å². The lowest BCUT2D eigenvalue weighted by molar-refractivity contribution is 0.0526. The van der Waals surface area contributed by atoms with Crippen LogP contribution in [0.2, 0.25) is 0 Å². The quantitative estimate of drug-likeness (QED) is 0.353. The molecule has 0 aromatic carbocycles. The predicted molar refractivity (Wildman–Crippen MR) is 82.1 cm³/mol. The molecule has 7 nitrogen and oxygen atoms in total. The molecular formula is C14H27N5O2. The second kappa shape index (κ2) is 8.74. The third-order valence-electron chi connectivity index (χ3n) is 3.34. The van der Waals surface area contributed by atoms with E-state index in [0.717, 1.165) is 45.3 Å². The van der Waals surface area contributed by atoms with Gasteiger partial charge >= 0.3 is 6.09 Å². The van der Waals surface area contributed by atoms with Crippen LogP contribution in [0.1, 0.15) is 46.5 Å². The lowest BCUT2D eigenvalue weighted by atomic mass is 10.1. The van der Waals surface area contributed by atoms with Crippen molar-refractivity contribution in [2.75, 3.05) is 26.2 Å². The Kier molecular flexibility index (Phi) is 7.32. The van der Waals surface area contributed by atoms with Gasteiger partial charge in [-0.15, -0.1) is 0 Å². The fraction of sp³-hybridized carbons (Fsp3) is 0.929. The van der Waals surface area contributed by atoms with Gasteiger partial charge in [0.1, 0.15) is 5.60 Å². The first-order chi connectivity index (χ1) is 9.90. The van der Waals surface area contributed by atoms with Crippen LogP contribution in [0.3, 0.4) is 0 Å². The minimum Gasteiger partial charge on any atom is -0.444 e. The third-order valence-corrected chi connectivity index (χ3v) is 3.34. The molecule has 0 unspecified atom stereocenters. The van der Waals surface area contributed by atoms with Gasteiger partial charge in [-0.05, 0) is 71.6 Å². The van der Waals surface area contributed by atoms with Crippen LogP contribution in [0.5, 0.6) is 0 Å². The van der Waals surface area contributed by atoms with Crippen LogP contribution in [0.25, 0.3) is 10.4 Å². The van der Waals surface area contributed by atoms with Crippen molar-refractivity contribution in [1.82, 2.24) is 10.2 Å². The van der Waals surface area contributed by atoms with E-state index in [0.29, 0.717) is 6.54 Å². The minimum atomic E-state index is -0.444. The van der Waals surface area contributed by atoms with E-state index in [9.17, 15) is 4.79 Å². The Morgan fingerprint density at radius 1 is 1.38 bits per heavy atom. The van der Waals surface area contributed by atoms with Crippen molar-refractivity contribution < 1.29 is 9.53 Å². The average molecular weight is 297 g/mol. The molecule has 1 fully saturated rings. The van der Waals surface area contributed by atoms with E-state index in [1.54, 1.807) is 0 Å². The third kappa shape index (κ3) is 8.42. The second-order valence-corrected chi connectivity index (χ2v) is 6.41. The topological polar surface area (TPSA) is 90.3 Å². The Morgan fingerprint density at radius 2 is 2.05 bits per heavy atom. The van der Waals surface area contributed by atoms with E-state index in [4.69, 9.17) is 10.3 Å². The number of alkyl carbamates (subject to hydrolysis) is 1. The zero-order valence-electron chi connectivity index (χ0n) is 13.3. The first kappa shape index (κ1) is 17.6. The molecule has 1 saturated heterocycles. The largest absolute Gasteiger partial charge is 0.444 e. The number of nitrogens with one attached hydrogen (secondary N) is 1. The maximum Gasteiger partial charge on any atom is 0.407 e. The molecule has 1 rings (SSSR count). The van der Waals surface area contributed by atoms with Crippen LogP contribution < -0.4 is 5.32 Å². The van der Waals surface area contributed by atoms with Gasteiger partial charge in [0.25, 0.3) is 0 Å². The van der Waals surface area contributed by atoms with Gasteiger partial charge in [0, 0.05) is 17.5 Å². The molecule has 120 valence electrons. The van der Waals surface area contributed by atoms with E-state index in [2.05, 4.69) is 20.2 Å². The van der Waals surface area contributed by atoms with Gasteiger partial charge in [-0.2, -0.15) is 0 Å². The molecule has 0 radical (unpaired) electrons. The number of carbonyl (C=O) groups excluding carboxylic acids is 1. The molecular weight excluding hydrogens is 270 g/mol. The van der Waals surface area contributed by atoms with Crippen molar-refractivity contribution in [3.63, 3.8) is 0 Å². The van der Waals surface area contributed by atoms with E-state index in [-0.39, 0.29) is 12.1 Å². The number of carbonyl (C=O) groups is 1. The summed E-state index contributed by atoms with van der Waals surface area (Å²) in [6.07, 6.45) is 3.52. The maximum atomic E-state index is 11.4. The molecule has 0 atom stereocenters. The standard InChI is InChI=1S/C14H27N5O2/c1-14(2,3)21-13(20)16-8-4-5-9-19-10-6-12(7-11-19)17-18-15/h12H,4-11H2,1-3H3,(H,16,20). The summed E-state index contributed by atoms with van der Waals surface area (Å²) in [6.45, 7) is 9.21. The van der Waals surface area contributed by atoms with Crippen molar-refractivity contribution in [3.8, 4) is 0 Å². The van der Waals surface area contributed by atoms with Gasteiger partial charge in [0.15, 0.2) is 0 Å². The summed E-state index contributed by atoms with van der Waals surface area (Å²) in [7, 11) is 0. The number of unbranched alkanes of at least 4 members (excludes halogenated alkanes) is 1. The first-order valence-corrected chi connectivity index (χ1v) is 7.64. The Bertz CT molecular complexity index is 366. The van der Waals surface area contributed by atoms with Crippen LogP contribution in [-0.4, -0.2) is 48.8 Å². The molecule has 1 N–H and O–H groups in total. The lowest BCUT2D eigenvalue weighted by Crippen LogP contribution is -2.36. The number of amides is 1. The van der Waals surface area contributed by atoms with Gasteiger partial charge in [0.05, 0.1) is 0 Å². The minimum absolute atomic E-state index is 0.167. The summed E-state index contributed by atoms with van der Waals surface area (Å²) in [4.78, 5) is 16.7. The smallest absolute Gasteiger partial charge is 0.407 e. The van der Waals surface area contributed by atoms with Crippen molar-refractivity contribution in [2.45, 2.75) is 58.1 Å². The lowest BCUT2D eigenvalue weighted by Gasteiger charge is -2.29. The summed E-state index contributed by atoms with van der Waals surface area (Å²) in [6, 6.07) is 0.167. The fourth-order valence-electron chi connectivity index (χ4n) is 2.30.